The molecule has 2 aliphatic heterocycles. The molecule has 0 aliphatic carbocycles. The van der Waals surface area contributed by atoms with Crippen molar-refractivity contribution in [3.8, 4) is 11.5 Å². The Labute approximate surface area is 147 Å². The third-order valence-electron chi connectivity index (χ3n) is 4.23. The van der Waals surface area contributed by atoms with Crippen LogP contribution in [0.25, 0.3) is 6.08 Å². The quantitative estimate of drug-likeness (QED) is 0.619. The largest absolute Gasteiger partial charge is 0.490 e. The Morgan fingerprint density at radius 2 is 1.80 bits per heavy atom. The number of likely N-dealkylation sites (tertiary alicyclic amines) is 1. The van der Waals surface area contributed by atoms with Crippen LogP contribution in [0.3, 0.4) is 0 Å². The Bertz CT molecular complexity index is 649. The fraction of sp³-hybridized carbons (Fsp3) is 0.474. The molecule has 1 aromatic rings. The molecule has 1 aromatic carbocycles. The molecule has 0 saturated carbocycles. The molecule has 0 bridgehead atoms. The molecule has 2 aliphatic rings. The fourth-order valence-electron chi connectivity index (χ4n) is 2.86. The maximum absolute atomic E-state index is 12.0. The number of carbonyl (C=O) groups excluding carboxylic acids is 2. The maximum atomic E-state index is 12.0. The number of hydrogen-bond acceptors (Lipinski definition) is 5. The summed E-state index contributed by atoms with van der Waals surface area (Å²) >= 11 is 0. The highest BCUT2D eigenvalue weighted by Crippen LogP contribution is 2.30. The van der Waals surface area contributed by atoms with Gasteiger partial charge in [-0.25, -0.2) is 4.79 Å². The van der Waals surface area contributed by atoms with Crippen LogP contribution in [-0.2, 0) is 14.3 Å². The van der Waals surface area contributed by atoms with Crippen molar-refractivity contribution >= 4 is 18.0 Å². The zero-order valence-corrected chi connectivity index (χ0v) is 14.2. The summed E-state index contributed by atoms with van der Waals surface area (Å²) in [6.45, 7) is 2.55. The van der Waals surface area contributed by atoms with Crippen LogP contribution >= 0.6 is 0 Å². The Hall–Kier alpha value is -2.50. The second-order valence-corrected chi connectivity index (χ2v) is 6.14. The lowest BCUT2D eigenvalue weighted by molar-refractivity contribution is -0.148. The van der Waals surface area contributed by atoms with Gasteiger partial charge in [0.1, 0.15) is 0 Å². The minimum Gasteiger partial charge on any atom is -0.490 e. The Balaban J connectivity index is 1.50. The summed E-state index contributed by atoms with van der Waals surface area (Å²) in [4.78, 5) is 25.5. The molecule has 0 spiro atoms. The van der Waals surface area contributed by atoms with Crippen LogP contribution in [0.4, 0.5) is 0 Å². The van der Waals surface area contributed by atoms with Gasteiger partial charge in [-0.2, -0.15) is 0 Å². The molecule has 2 heterocycles. The number of amides is 1. The number of rotatable bonds is 4. The highest BCUT2D eigenvalue weighted by atomic mass is 16.5. The number of piperidine rings is 1. The standard InChI is InChI=1S/C19H23NO5/c21-18(20-9-2-1-3-10-20)14-25-19(22)8-6-15-5-7-16-17(13-15)24-12-4-11-23-16/h5-8,13H,1-4,9-12,14H2/b8-6+. The van der Waals surface area contributed by atoms with Crippen molar-refractivity contribution < 1.29 is 23.8 Å². The topological polar surface area (TPSA) is 65.1 Å². The summed E-state index contributed by atoms with van der Waals surface area (Å²) in [7, 11) is 0. The van der Waals surface area contributed by atoms with Crippen LogP contribution in [0, 0.1) is 0 Å². The van der Waals surface area contributed by atoms with Crippen LogP contribution in [0.15, 0.2) is 24.3 Å². The zero-order valence-electron chi connectivity index (χ0n) is 14.2. The van der Waals surface area contributed by atoms with Gasteiger partial charge in [0, 0.05) is 25.6 Å². The number of carbonyl (C=O) groups is 2. The summed E-state index contributed by atoms with van der Waals surface area (Å²) in [6, 6.07) is 5.49. The average molecular weight is 345 g/mol. The predicted octanol–water partition coefficient (Wildman–Crippen LogP) is 2.42. The van der Waals surface area contributed by atoms with Crippen LogP contribution in [0.1, 0.15) is 31.2 Å². The summed E-state index contributed by atoms with van der Waals surface area (Å²) in [5, 5.41) is 0. The van der Waals surface area contributed by atoms with E-state index in [1.165, 1.54) is 6.08 Å². The van der Waals surface area contributed by atoms with Crippen molar-refractivity contribution in [3.05, 3.63) is 29.8 Å². The molecule has 3 rings (SSSR count). The Kier molecular flexibility index (Phi) is 5.93. The number of ether oxygens (including phenoxy) is 3. The number of hydrogen-bond donors (Lipinski definition) is 0. The van der Waals surface area contributed by atoms with E-state index in [1.54, 1.807) is 11.0 Å². The van der Waals surface area contributed by atoms with E-state index in [0.717, 1.165) is 44.3 Å². The van der Waals surface area contributed by atoms with E-state index >= 15 is 0 Å². The normalized spacial score (nSPS) is 17.2. The van der Waals surface area contributed by atoms with Gasteiger partial charge >= 0.3 is 5.97 Å². The van der Waals surface area contributed by atoms with E-state index in [1.807, 2.05) is 18.2 Å². The van der Waals surface area contributed by atoms with E-state index in [4.69, 9.17) is 14.2 Å². The third kappa shape index (κ3) is 4.98. The van der Waals surface area contributed by atoms with Crippen LogP contribution in [0.5, 0.6) is 11.5 Å². The predicted molar refractivity (Wildman–Crippen MR) is 92.5 cm³/mol. The molecule has 0 N–H and O–H groups in total. The summed E-state index contributed by atoms with van der Waals surface area (Å²) in [5.41, 5.74) is 0.809. The fourth-order valence-corrected chi connectivity index (χ4v) is 2.86. The summed E-state index contributed by atoms with van der Waals surface area (Å²) in [6.07, 6.45) is 7.00. The first-order valence-electron chi connectivity index (χ1n) is 8.74. The molecule has 1 saturated heterocycles. The van der Waals surface area contributed by atoms with Gasteiger partial charge in [-0.1, -0.05) is 6.07 Å². The first-order chi connectivity index (χ1) is 12.2. The third-order valence-corrected chi connectivity index (χ3v) is 4.23. The second kappa shape index (κ2) is 8.55. The van der Waals surface area contributed by atoms with Crippen molar-refractivity contribution in [2.75, 3.05) is 32.9 Å². The molecule has 0 radical (unpaired) electrons. The van der Waals surface area contributed by atoms with E-state index in [9.17, 15) is 9.59 Å². The molecule has 1 amide bonds. The zero-order chi connectivity index (χ0) is 17.5. The van der Waals surface area contributed by atoms with Gasteiger partial charge in [0.2, 0.25) is 0 Å². The van der Waals surface area contributed by atoms with Gasteiger partial charge in [-0.3, -0.25) is 4.79 Å². The molecule has 0 unspecified atom stereocenters. The van der Waals surface area contributed by atoms with Crippen molar-refractivity contribution in [3.63, 3.8) is 0 Å². The highest BCUT2D eigenvalue weighted by Gasteiger charge is 2.17. The number of benzene rings is 1. The van der Waals surface area contributed by atoms with Gasteiger partial charge in [-0.15, -0.1) is 0 Å². The van der Waals surface area contributed by atoms with Crippen molar-refractivity contribution in [2.45, 2.75) is 25.7 Å². The molecular weight excluding hydrogens is 322 g/mol. The SMILES string of the molecule is O=C(/C=C/c1ccc2c(c1)OCCCO2)OCC(=O)N1CCCCC1. The summed E-state index contributed by atoms with van der Waals surface area (Å²) < 4.78 is 16.2. The van der Waals surface area contributed by atoms with Gasteiger partial charge < -0.3 is 19.1 Å². The van der Waals surface area contributed by atoms with Crippen molar-refractivity contribution in [1.82, 2.24) is 4.90 Å². The smallest absolute Gasteiger partial charge is 0.331 e. The lowest BCUT2D eigenvalue weighted by Gasteiger charge is -2.26. The minimum atomic E-state index is -0.530. The second-order valence-electron chi connectivity index (χ2n) is 6.14. The van der Waals surface area contributed by atoms with Crippen LogP contribution < -0.4 is 9.47 Å². The summed E-state index contributed by atoms with van der Waals surface area (Å²) in [5.74, 6) is 0.729. The molecule has 0 aromatic heterocycles. The number of esters is 1. The minimum absolute atomic E-state index is 0.128. The lowest BCUT2D eigenvalue weighted by Crippen LogP contribution is -2.38. The Morgan fingerprint density at radius 3 is 2.60 bits per heavy atom. The van der Waals surface area contributed by atoms with E-state index < -0.39 is 5.97 Å². The molecule has 134 valence electrons. The number of nitrogens with zero attached hydrogens (tertiary/aromatic N) is 1. The highest BCUT2D eigenvalue weighted by molar-refractivity contribution is 5.89. The van der Waals surface area contributed by atoms with E-state index in [0.29, 0.717) is 24.7 Å². The maximum Gasteiger partial charge on any atom is 0.331 e. The van der Waals surface area contributed by atoms with Gasteiger partial charge in [0.25, 0.3) is 5.91 Å². The molecule has 1 fully saturated rings. The lowest BCUT2D eigenvalue weighted by atomic mass is 10.1. The number of fused-ring (bicyclic) bond motifs is 1. The molecule has 0 atom stereocenters. The van der Waals surface area contributed by atoms with Gasteiger partial charge in [-0.05, 0) is 43.0 Å². The monoisotopic (exact) mass is 345 g/mol. The molecule has 6 heteroatoms. The van der Waals surface area contributed by atoms with Gasteiger partial charge in [0.05, 0.1) is 13.2 Å². The van der Waals surface area contributed by atoms with Gasteiger partial charge in [0.15, 0.2) is 18.1 Å². The van der Waals surface area contributed by atoms with E-state index in [2.05, 4.69) is 0 Å². The molecule has 6 nitrogen and oxygen atoms in total. The Morgan fingerprint density at radius 1 is 1.04 bits per heavy atom. The first kappa shape index (κ1) is 17.3. The van der Waals surface area contributed by atoms with E-state index in [-0.39, 0.29) is 12.5 Å². The van der Waals surface area contributed by atoms with Crippen LogP contribution in [0.2, 0.25) is 0 Å². The van der Waals surface area contributed by atoms with Crippen molar-refractivity contribution in [2.24, 2.45) is 0 Å². The average Bonchev–Trinajstić information content (AvgIpc) is 2.90. The molecular formula is C19H23NO5. The molecule has 25 heavy (non-hydrogen) atoms. The first-order valence-corrected chi connectivity index (χ1v) is 8.74. The van der Waals surface area contributed by atoms with Crippen molar-refractivity contribution in [1.29, 1.82) is 0 Å². The van der Waals surface area contributed by atoms with Crippen LogP contribution in [-0.4, -0.2) is 49.7 Å².